The number of benzene rings is 3. The molecular formula is C24H19ClN2O3. The number of hydrogen-bond donors (Lipinski definition) is 0. The highest BCUT2D eigenvalue weighted by Gasteiger charge is 2.26. The highest BCUT2D eigenvalue weighted by Crippen LogP contribution is 2.33. The first-order chi connectivity index (χ1) is 14.5. The van der Waals surface area contributed by atoms with Crippen LogP contribution in [0.25, 0.3) is 21.9 Å². The molecular weight excluding hydrogens is 400 g/mol. The van der Waals surface area contributed by atoms with Crippen LogP contribution in [-0.4, -0.2) is 24.8 Å². The molecule has 0 saturated heterocycles. The monoisotopic (exact) mass is 418 g/mol. The number of carbonyl (C=O) groups is 1. The van der Waals surface area contributed by atoms with E-state index in [9.17, 15) is 9.59 Å². The number of nitrogens with zero attached hydrogens (tertiary/aromatic N) is 2. The first-order valence-corrected chi connectivity index (χ1v) is 9.72. The number of methoxy groups -OCH3 is 1. The van der Waals surface area contributed by atoms with E-state index in [1.807, 2.05) is 60.7 Å². The van der Waals surface area contributed by atoms with Crippen LogP contribution in [0.4, 0.5) is 5.69 Å². The Kier molecular flexibility index (Phi) is 5.29. The summed E-state index contributed by atoms with van der Waals surface area (Å²) in [5.74, 6) is -0.615. The number of ether oxygens (including phenoxy) is 1. The van der Waals surface area contributed by atoms with E-state index in [2.05, 4.69) is 0 Å². The van der Waals surface area contributed by atoms with E-state index in [4.69, 9.17) is 16.3 Å². The molecule has 4 aromatic rings. The Balaban J connectivity index is 2.19. The second-order valence-corrected chi connectivity index (χ2v) is 7.18. The average molecular weight is 419 g/mol. The lowest BCUT2D eigenvalue weighted by molar-refractivity contribution is 0.0588. The van der Waals surface area contributed by atoms with E-state index in [-0.39, 0.29) is 11.3 Å². The zero-order chi connectivity index (χ0) is 21.3. The summed E-state index contributed by atoms with van der Waals surface area (Å²) in [5, 5.41) is 3.17. The summed E-state index contributed by atoms with van der Waals surface area (Å²) in [5.41, 5.74) is 1.91. The molecule has 0 aliphatic heterocycles. The minimum atomic E-state index is -0.615. The van der Waals surface area contributed by atoms with Crippen LogP contribution in [0.1, 0.15) is 10.5 Å². The van der Waals surface area contributed by atoms with Gasteiger partial charge in [0, 0.05) is 23.0 Å². The van der Waals surface area contributed by atoms with E-state index >= 15 is 0 Å². The van der Waals surface area contributed by atoms with Crippen molar-refractivity contribution in [1.82, 2.24) is 4.68 Å². The lowest BCUT2D eigenvalue weighted by atomic mass is 9.97. The van der Waals surface area contributed by atoms with Crippen LogP contribution < -0.4 is 10.6 Å². The van der Waals surface area contributed by atoms with Gasteiger partial charge in [-0.2, -0.15) is 0 Å². The van der Waals surface area contributed by atoms with Crippen molar-refractivity contribution in [2.75, 3.05) is 19.2 Å². The SMILES string of the molecule is COC(=O)c1c(-c2ccccc2)c2cc(Cl)ccc2c(=O)n1N(C)c1ccccc1. The van der Waals surface area contributed by atoms with Gasteiger partial charge in [0.25, 0.3) is 5.56 Å². The third kappa shape index (κ3) is 3.33. The van der Waals surface area contributed by atoms with Crippen LogP contribution in [0.3, 0.4) is 0 Å². The topological polar surface area (TPSA) is 51.5 Å². The van der Waals surface area contributed by atoms with Crippen LogP contribution in [0.2, 0.25) is 5.02 Å². The fourth-order valence-electron chi connectivity index (χ4n) is 3.59. The standard InChI is InChI=1S/C24H19ClN2O3/c1-26(18-11-7-4-8-12-18)27-22(24(29)30-2)21(16-9-5-3-6-10-16)20-15-17(25)13-14-19(20)23(27)28/h3-15H,1-2H3. The van der Waals surface area contributed by atoms with E-state index in [1.54, 1.807) is 30.3 Å². The fourth-order valence-corrected chi connectivity index (χ4v) is 3.76. The van der Waals surface area contributed by atoms with Gasteiger partial charge in [-0.3, -0.25) is 9.80 Å². The number of carbonyl (C=O) groups excluding carboxylic acids is 1. The van der Waals surface area contributed by atoms with Crippen LogP contribution in [-0.2, 0) is 4.74 Å². The quantitative estimate of drug-likeness (QED) is 0.437. The second-order valence-electron chi connectivity index (χ2n) is 6.75. The summed E-state index contributed by atoms with van der Waals surface area (Å²) in [7, 11) is 3.04. The van der Waals surface area contributed by atoms with E-state index in [0.717, 1.165) is 11.3 Å². The Bertz CT molecular complexity index is 1280. The molecule has 0 amide bonds. The molecule has 0 spiro atoms. The number of aromatic nitrogens is 1. The molecule has 0 bridgehead atoms. The molecule has 1 aromatic heterocycles. The highest BCUT2D eigenvalue weighted by atomic mass is 35.5. The first kappa shape index (κ1) is 19.7. The highest BCUT2D eigenvalue weighted by molar-refractivity contribution is 6.31. The molecule has 0 aliphatic carbocycles. The number of halogens is 1. The van der Waals surface area contributed by atoms with Gasteiger partial charge in [0.2, 0.25) is 0 Å². The van der Waals surface area contributed by atoms with Crippen LogP contribution in [0.15, 0.2) is 83.7 Å². The Hall–Kier alpha value is -3.57. The Morgan fingerprint density at radius 3 is 2.20 bits per heavy atom. The van der Waals surface area contributed by atoms with Crippen molar-refractivity contribution in [2.45, 2.75) is 0 Å². The van der Waals surface area contributed by atoms with Crippen molar-refractivity contribution in [3.05, 3.63) is 99.9 Å². The predicted molar refractivity (Wildman–Crippen MR) is 120 cm³/mol. The molecule has 4 rings (SSSR count). The first-order valence-electron chi connectivity index (χ1n) is 9.34. The maximum atomic E-state index is 13.5. The van der Waals surface area contributed by atoms with Gasteiger partial charge in [-0.15, -0.1) is 0 Å². The predicted octanol–water partition coefficient (Wildman–Crippen LogP) is 5.01. The number of anilines is 1. The van der Waals surface area contributed by atoms with Gasteiger partial charge in [-0.1, -0.05) is 60.1 Å². The Morgan fingerprint density at radius 1 is 0.933 bits per heavy atom. The van der Waals surface area contributed by atoms with E-state index in [0.29, 0.717) is 21.4 Å². The maximum Gasteiger partial charge on any atom is 0.357 e. The summed E-state index contributed by atoms with van der Waals surface area (Å²) >= 11 is 6.26. The maximum absolute atomic E-state index is 13.5. The van der Waals surface area contributed by atoms with Crippen LogP contribution >= 0.6 is 11.6 Å². The third-order valence-corrected chi connectivity index (χ3v) is 5.23. The molecule has 6 heteroatoms. The summed E-state index contributed by atoms with van der Waals surface area (Å²) in [6.07, 6.45) is 0. The number of hydrogen-bond acceptors (Lipinski definition) is 4. The van der Waals surface area contributed by atoms with Crippen molar-refractivity contribution >= 4 is 34.0 Å². The molecule has 0 radical (unpaired) electrons. The van der Waals surface area contributed by atoms with Gasteiger partial charge in [0.15, 0.2) is 5.69 Å². The molecule has 0 unspecified atom stereocenters. The van der Waals surface area contributed by atoms with Gasteiger partial charge < -0.3 is 4.74 Å². The van der Waals surface area contributed by atoms with Crippen molar-refractivity contribution in [1.29, 1.82) is 0 Å². The van der Waals surface area contributed by atoms with Gasteiger partial charge in [0.05, 0.1) is 12.8 Å². The number of pyridine rings is 1. The molecule has 1 heterocycles. The lowest BCUT2D eigenvalue weighted by Gasteiger charge is -2.27. The Labute approximate surface area is 178 Å². The second kappa shape index (κ2) is 8.05. The molecule has 5 nitrogen and oxygen atoms in total. The Morgan fingerprint density at radius 2 is 1.57 bits per heavy atom. The zero-order valence-electron chi connectivity index (χ0n) is 16.5. The summed E-state index contributed by atoms with van der Waals surface area (Å²) in [6.45, 7) is 0. The largest absolute Gasteiger partial charge is 0.464 e. The minimum absolute atomic E-state index is 0.134. The zero-order valence-corrected chi connectivity index (χ0v) is 17.3. The van der Waals surface area contributed by atoms with E-state index < -0.39 is 5.97 Å². The number of rotatable bonds is 4. The summed E-state index contributed by atoms with van der Waals surface area (Å²) in [4.78, 5) is 26.6. The molecule has 0 atom stereocenters. The van der Waals surface area contributed by atoms with Gasteiger partial charge in [-0.25, -0.2) is 9.47 Å². The van der Waals surface area contributed by atoms with Crippen molar-refractivity contribution in [2.24, 2.45) is 0 Å². The molecule has 0 N–H and O–H groups in total. The van der Waals surface area contributed by atoms with Gasteiger partial charge >= 0.3 is 5.97 Å². The molecule has 150 valence electrons. The number of fused-ring (bicyclic) bond motifs is 1. The third-order valence-electron chi connectivity index (χ3n) is 4.99. The normalized spacial score (nSPS) is 10.8. The minimum Gasteiger partial charge on any atom is -0.464 e. The molecule has 0 saturated carbocycles. The average Bonchev–Trinajstić information content (AvgIpc) is 2.79. The number of para-hydroxylation sites is 1. The number of esters is 1. The van der Waals surface area contributed by atoms with Crippen LogP contribution in [0.5, 0.6) is 0 Å². The van der Waals surface area contributed by atoms with Crippen LogP contribution in [0, 0.1) is 0 Å². The molecule has 0 aliphatic rings. The smallest absolute Gasteiger partial charge is 0.357 e. The van der Waals surface area contributed by atoms with Crippen molar-refractivity contribution < 1.29 is 9.53 Å². The lowest BCUT2D eigenvalue weighted by Crippen LogP contribution is -2.40. The van der Waals surface area contributed by atoms with E-state index in [1.165, 1.54) is 11.8 Å². The van der Waals surface area contributed by atoms with Crippen molar-refractivity contribution in [3.8, 4) is 11.1 Å². The summed E-state index contributed by atoms with van der Waals surface area (Å²) < 4.78 is 6.46. The van der Waals surface area contributed by atoms with Crippen molar-refractivity contribution in [3.63, 3.8) is 0 Å². The van der Waals surface area contributed by atoms with Gasteiger partial charge in [-0.05, 0) is 41.3 Å². The molecule has 30 heavy (non-hydrogen) atoms. The fraction of sp³-hybridized carbons (Fsp3) is 0.0833. The molecule has 3 aromatic carbocycles. The summed E-state index contributed by atoms with van der Waals surface area (Å²) in [6, 6.07) is 23.8. The van der Waals surface area contributed by atoms with Gasteiger partial charge in [0.1, 0.15) is 0 Å². The molecule has 0 fully saturated rings.